The summed E-state index contributed by atoms with van der Waals surface area (Å²) < 4.78 is 10.3. The zero-order valence-corrected chi connectivity index (χ0v) is 14.7. The van der Waals surface area contributed by atoms with Crippen molar-refractivity contribution in [3.8, 4) is 5.75 Å². The number of rotatable bonds is 5. The van der Waals surface area contributed by atoms with E-state index in [0.717, 1.165) is 12.3 Å². The smallest absolute Gasteiger partial charge is 0.317 e. The highest BCUT2D eigenvalue weighted by molar-refractivity contribution is 6.00. The number of piperidine rings is 1. The Morgan fingerprint density at radius 3 is 2.88 bits per heavy atom. The van der Waals surface area contributed by atoms with Crippen LogP contribution in [-0.2, 0) is 14.3 Å². The van der Waals surface area contributed by atoms with Gasteiger partial charge in [-0.2, -0.15) is 0 Å². The number of halogens is 1. The molecule has 0 radical (unpaired) electrons. The van der Waals surface area contributed by atoms with Gasteiger partial charge in [-0.1, -0.05) is 6.07 Å². The lowest BCUT2D eigenvalue weighted by Gasteiger charge is -2.33. The van der Waals surface area contributed by atoms with Crippen LogP contribution in [0.1, 0.15) is 24.5 Å². The van der Waals surface area contributed by atoms with E-state index in [-0.39, 0.29) is 18.2 Å². The number of fused-ring (bicyclic) bond motifs is 1. The van der Waals surface area contributed by atoms with Gasteiger partial charge in [0.1, 0.15) is 17.5 Å². The van der Waals surface area contributed by atoms with Crippen molar-refractivity contribution in [2.75, 3.05) is 33.4 Å². The van der Waals surface area contributed by atoms with E-state index in [2.05, 4.69) is 11.0 Å². The van der Waals surface area contributed by atoms with Crippen LogP contribution in [0.2, 0.25) is 0 Å². The van der Waals surface area contributed by atoms with Crippen molar-refractivity contribution >= 4 is 35.8 Å². The summed E-state index contributed by atoms with van der Waals surface area (Å²) in [4.78, 5) is 26.0. The van der Waals surface area contributed by atoms with Crippen molar-refractivity contribution in [3.05, 3.63) is 29.3 Å². The van der Waals surface area contributed by atoms with Gasteiger partial charge < -0.3 is 9.47 Å². The van der Waals surface area contributed by atoms with Crippen LogP contribution in [0.4, 0.5) is 0 Å². The lowest BCUT2D eigenvalue weighted by molar-refractivity contribution is -0.153. The van der Waals surface area contributed by atoms with Gasteiger partial charge in [0.15, 0.2) is 0 Å². The zero-order chi connectivity index (χ0) is 16.4. The molecule has 3 rings (SSSR count). The molecule has 1 aliphatic carbocycles. The Balaban J connectivity index is 0.00000208. The molecular weight excluding hydrogens is 330 g/mol. The first-order valence-corrected chi connectivity index (χ1v) is 7.93. The number of ketones is 1. The van der Waals surface area contributed by atoms with E-state index < -0.39 is 11.9 Å². The van der Waals surface area contributed by atoms with Gasteiger partial charge in [-0.3, -0.25) is 14.5 Å². The third kappa shape index (κ3) is 3.62. The minimum Gasteiger partial charge on any atom is -0.497 e. The summed E-state index contributed by atoms with van der Waals surface area (Å²) >= 11 is 0. The average molecular weight is 352 g/mol. The first-order chi connectivity index (χ1) is 11.1. The molecule has 5 nitrogen and oxygen atoms in total. The van der Waals surface area contributed by atoms with Crippen LogP contribution < -0.4 is 4.74 Å². The van der Waals surface area contributed by atoms with Gasteiger partial charge in [-0.25, -0.2) is 0 Å². The van der Waals surface area contributed by atoms with Gasteiger partial charge in [0, 0.05) is 26.1 Å². The monoisotopic (exact) mass is 351 g/mol. The highest BCUT2D eigenvalue weighted by atomic mass is 35.5. The Bertz CT molecular complexity index is 671. The Morgan fingerprint density at radius 1 is 1.38 bits per heavy atom. The van der Waals surface area contributed by atoms with E-state index in [1.54, 1.807) is 14.0 Å². The van der Waals surface area contributed by atoms with E-state index in [1.165, 1.54) is 16.7 Å². The molecule has 1 heterocycles. The number of hydrogen-bond acceptors (Lipinski definition) is 5. The van der Waals surface area contributed by atoms with Gasteiger partial charge in [-0.05, 0) is 41.8 Å². The maximum Gasteiger partial charge on any atom is 0.317 e. The van der Waals surface area contributed by atoms with E-state index in [0.29, 0.717) is 26.1 Å². The summed E-state index contributed by atoms with van der Waals surface area (Å²) in [6.07, 6.45) is 2.55. The molecule has 1 aliphatic heterocycles. The fourth-order valence-electron chi connectivity index (χ4n) is 3.11. The number of hydrogen-bond donors (Lipinski definition) is 0. The number of methoxy groups -OCH3 is 1. The molecule has 0 spiro atoms. The highest BCUT2D eigenvalue weighted by Gasteiger charge is 2.34. The minimum atomic E-state index is -0.644. The molecule has 0 bridgehead atoms. The van der Waals surface area contributed by atoms with Crippen molar-refractivity contribution < 1.29 is 19.1 Å². The van der Waals surface area contributed by atoms with Crippen LogP contribution in [0.3, 0.4) is 0 Å². The van der Waals surface area contributed by atoms with Crippen LogP contribution in [0.15, 0.2) is 18.2 Å². The van der Waals surface area contributed by atoms with Gasteiger partial charge in [-0.15, -0.1) is 12.4 Å². The summed E-state index contributed by atoms with van der Waals surface area (Å²) in [7, 11) is 1.66. The first kappa shape index (κ1) is 18.5. The van der Waals surface area contributed by atoms with Crippen molar-refractivity contribution in [2.45, 2.75) is 13.3 Å². The summed E-state index contributed by atoms with van der Waals surface area (Å²) in [6.45, 7) is 3.93. The third-order valence-corrected chi connectivity index (χ3v) is 4.41. The molecule has 1 fully saturated rings. The number of carbonyl (C=O) groups excluding carboxylic acids is 2. The van der Waals surface area contributed by atoms with E-state index >= 15 is 0 Å². The Labute approximate surface area is 148 Å². The highest BCUT2D eigenvalue weighted by Crippen LogP contribution is 2.36. The molecule has 1 saturated heterocycles. The molecule has 24 heavy (non-hydrogen) atoms. The number of benzene rings is 1. The normalized spacial score (nSPS) is 19.5. The van der Waals surface area contributed by atoms with Crippen molar-refractivity contribution in [2.24, 2.45) is 5.92 Å². The number of ether oxygens (including phenoxy) is 2. The summed E-state index contributed by atoms with van der Waals surface area (Å²) in [5.41, 5.74) is 3.61. The average Bonchev–Trinajstić information content (AvgIpc) is 2.54. The van der Waals surface area contributed by atoms with Gasteiger partial charge >= 0.3 is 5.97 Å². The quantitative estimate of drug-likeness (QED) is 0.602. The van der Waals surface area contributed by atoms with E-state index in [9.17, 15) is 9.59 Å². The molecule has 1 aromatic rings. The molecule has 1 atom stereocenters. The second kappa shape index (κ2) is 7.81. The Kier molecular flexibility index (Phi) is 6.02. The van der Waals surface area contributed by atoms with Gasteiger partial charge in [0.2, 0.25) is 0 Å². The van der Waals surface area contributed by atoms with Crippen LogP contribution in [0, 0.1) is 5.92 Å². The van der Waals surface area contributed by atoms with Crippen LogP contribution in [0.25, 0.3) is 11.6 Å². The number of esters is 1. The predicted octanol–water partition coefficient (Wildman–Crippen LogP) is 2.43. The zero-order valence-electron chi connectivity index (χ0n) is 13.9. The van der Waals surface area contributed by atoms with Crippen molar-refractivity contribution in [3.63, 3.8) is 0 Å². The largest absolute Gasteiger partial charge is 0.497 e. The predicted molar refractivity (Wildman–Crippen MR) is 94.3 cm³/mol. The lowest BCUT2D eigenvalue weighted by Crippen LogP contribution is -2.45. The molecule has 1 aromatic carbocycles. The molecule has 0 saturated carbocycles. The van der Waals surface area contributed by atoms with Gasteiger partial charge in [0.25, 0.3) is 0 Å². The second-order valence-electron chi connectivity index (χ2n) is 5.88. The number of Topliss-reactive ketones (excluding diaryl/α,β-unsaturated/α-hetero) is 1. The maximum absolute atomic E-state index is 11.9. The second-order valence-corrected chi connectivity index (χ2v) is 5.88. The van der Waals surface area contributed by atoms with Crippen molar-refractivity contribution in [1.82, 2.24) is 4.90 Å². The van der Waals surface area contributed by atoms with Crippen LogP contribution in [0.5, 0.6) is 5.75 Å². The Morgan fingerprint density at radius 2 is 2.17 bits per heavy atom. The summed E-state index contributed by atoms with van der Waals surface area (Å²) in [6, 6.07) is 6.02. The van der Waals surface area contributed by atoms with E-state index in [1.807, 2.05) is 18.2 Å². The van der Waals surface area contributed by atoms with Gasteiger partial charge in [0.05, 0.1) is 13.7 Å². The SMILES string of the molecule is CCOC(=O)C1CN(CC2=Cc3ccc(OC)cc32)CCC1=O.Cl. The molecular formula is C18H22ClNO4. The topological polar surface area (TPSA) is 55.8 Å². The molecule has 1 unspecified atom stereocenters. The van der Waals surface area contributed by atoms with Crippen LogP contribution in [-0.4, -0.2) is 50.0 Å². The molecule has 0 N–H and O–H groups in total. The molecule has 2 aliphatic rings. The lowest BCUT2D eigenvalue weighted by atomic mass is 9.87. The number of nitrogens with zero attached hydrogens (tertiary/aromatic N) is 1. The molecule has 0 aromatic heterocycles. The first-order valence-electron chi connectivity index (χ1n) is 7.93. The van der Waals surface area contributed by atoms with Crippen molar-refractivity contribution in [1.29, 1.82) is 0 Å². The fraction of sp³-hybridized carbons (Fsp3) is 0.444. The fourth-order valence-corrected chi connectivity index (χ4v) is 3.11. The number of carbonyl (C=O) groups is 2. The molecule has 130 valence electrons. The molecule has 6 heteroatoms. The summed E-state index contributed by atoms with van der Waals surface area (Å²) in [5, 5.41) is 0. The summed E-state index contributed by atoms with van der Waals surface area (Å²) in [5.74, 6) is -0.210. The molecule has 0 amide bonds. The Hall–Kier alpha value is -1.85. The standard InChI is InChI=1S/C18H21NO4.ClH/c1-3-23-18(21)16-11-19(7-6-17(16)20)10-13-8-12-4-5-14(22-2)9-15(12)13;/h4-5,8-9,16H,3,6-7,10-11H2,1-2H3;1H. The third-order valence-electron chi connectivity index (χ3n) is 4.41. The van der Waals surface area contributed by atoms with E-state index in [4.69, 9.17) is 9.47 Å². The maximum atomic E-state index is 11.9. The van der Waals surface area contributed by atoms with Crippen LogP contribution >= 0.6 is 12.4 Å². The minimum absolute atomic E-state index is 0. The number of likely N-dealkylation sites (tertiary alicyclic amines) is 1.